The Labute approximate surface area is 60.2 Å². The first-order valence-electron chi connectivity index (χ1n) is 2.20. The molecule has 0 aromatic heterocycles. The van der Waals surface area contributed by atoms with E-state index >= 15 is 0 Å². The predicted octanol–water partition coefficient (Wildman–Crippen LogP) is 0.591. The molecule has 9 heavy (non-hydrogen) atoms. The first-order chi connectivity index (χ1) is 4.22. The zero-order valence-corrected chi connectivity index (χ0v) is 6.16. The summed E-state index contributed by atoms with van der Waals surface area (Å²) in [5, 5.41) is 0. The standard InChI is InChI=1S/C3H7ClFNO2S/c4-3-6(2-1-5)9(7)8/h1-3H2,(H,7,8). The average molecular weight is 176 g/mol. The zero-order valence-electron chi connectivity index (χ0n) is 4.59. The van der Waals surface area contributed by atoms with Crippen LogP contribution in [0, 0.1) is 0 Å². The van der Waals surface area contributed by atoms with Crippen molar-refractivity contribution in [3.8, 4) is 0 Å². The van der Waals surface area contributed by atoms with Crippen LogP contribution in [0.25, 0.3) is 0 Å². The van der Waals surface area contributed by atoms with Crippen molar-refractivity contribution in [2.75, 3.05) is 19.2 Å². The van der Waals surface area contributed by atoms with E-state index in [0.29, 0.717) is 0 Å². The molecular weight excluding hydrogens is 169 g/mol. The molecule has 0 aromatic rings. The molecule has 0 amide bonds. The Morgan fingerprint density at radius 3 is 2.44 bits per heavy atom. The van der Waals surface area contributed by atoms with E-state index in [1.165, 1.54) is 0 Å². The van der Waals surface area contributed by atoms with Gasteiger partial charge >= 0.3 is 0 Å². The lowest BCUT2D eigenvalue weighted by Gasteiger charge is -2.09. The van der Waals surface area contributed by atoms with E-state index in [1.54, 1.807) is 0 Å². The van der Waals surface area contributed by atoms with Crippen LogP contribution in [0.3, 0.4) is 0 Å². The van der Waals surface area contributed by atoms with Gasteiger partial charge in [0.05, 0.1) is 6.00 Å². The van der Waals surface area contributed by atoms with Crippen molar-refractivity contribution in [2.24, 2.45) is 0 Å². The lowest BCUT2D eigenvalue weighted by Crippen LogP contribution is -2.26. The van der Waals surface area contributed by atoms with E-state index in [0.717, 1.165) is 4.31 Å². The molecule has 0 aliphatic heterocycles. The highest BCUT2D eigenvalue weighted by Gasteiger charge is 2.06. The van der Waals surface area contributed by atoms with Crippen LogP contribution in [-0.4, -0.2) is 32.3 Å². The lowest BCUT2D eigenvalue weighted by molar-refractivity contribution is 0.377. The minimum Gasteiger partial charge on any atom is -0.294 e. The fraction of sp³-hybridized carbons (Fsp3) is 1.00. The Morgan fingerprint density at radius 2 is 2.33 bits per heavy atom. The molecule has 6 heteroatoms. The number of halogens is 2. The van der Waals surface area contributed by atoms with Crippen molar-refractivity contribution >= 4 is 22.9 Å². The largest absolute Gasteiger partial charge is 0.294 e. The molecular formula is C3H7ClFNO2S. The number of rotatable bonds is 4. The van der Waals surface area contributed by atoms with Crippen molar-refractivity contribution in [1.29, 1.82) is 0 Å². The molecule has 0 saturated heterocycles. The van der Waals surface area contributed by atoms with Crippen molar-refractivity contribution in [3.63, 3.8) is 0 Å². The zero-order chi connectivity index (χ0) is 7.28. The molecule has 0 saturated carbocycles. The van der Waals surface area contributed by atoms with Gasteiger partial charge in [0.25, 0.3) is 0 Å². The highest BCUT2D eigenvalue weighted by molar-refractivity contribution is 7.76. The number of nitrogens with zero attached hydrogens (tertiary/aromatic N) is 1. The molecule has 56 valence electrons. The predicted molar refractivity (Wildman–Crippen MR) is 34.2 cm³/mol. The molecule has 0 spiro atoms. The lowest BCUT2D eigenvalue weighted by atomic mass is 10.7. The third-order valence-electron chi connectivity index (χ3n) is 0.688. The monoisotopic (exact) mass is 175 g/mol. The summed E-state index contributed by atoms with van der Waals surface area (Å²) in [4.78, 5) is 0. The summed E-state index contributed by atoms with van der Waals surface area (Å²) in [5.74, 6) is 0. The summed E-state index contributed by atoms with van der Waals surface area (Å²) in [6.45, 7) is -0.772. The molecule has 0 fully saturated rings. The fourth-order valence-corrected chi connectivity index (χ4v) is 0.953. The second-order valence-corrected chi connectivity index (χ2v) is 2.46. The van der Waals surface area contributed by atoms with Crippen molar-refractivity contribution in [3.05, 3.63) is 0 Å². The van der Waals surface area contributed by atoms with Crippen LogP contribution in [0.5, 0.6) is 0 Å². The molecule has 0 heterocycles. The van der Waals surface area contributed by atoms with Gasteiger partial charge in [0.1, 0.15) is 6.67 Å². The van der Waals surface area contributed by atoms with E-state index < -0.39 is 17.9 Å². The van der Waals surface area contributed by atoms with Gasteiger partial charge in [-0.1, -0.05) is 0 Å². The van der Waals surface area contributed by atoms with E-state index in [1.807, 2.05) is 0 Å². The van der Waals surface area contributed by atoms with Crippen LogP contribution in [0.15, 0.2) is 0 Å². The Balaban J connectivity index is 3.54. The van der Waals surface area contributed by atoms with E-state index in [4.69, 9.17) is 16.2 Å². The minimum atomic E-state index is -2.14. The number of alkyl halides is 2. The molecule has 1 N–H and O–H groups in total. The van der Waals surface area contributed by atoms with Crippen LogP contribution in [0.4, 0.5) is 4.39 Å². The van der Waals surface area contributed by atoms with Crippen molar-refractivity contribution in [2.45, 2.75) is 0 Å². The van der Waals surface area contributed by atoms with Gasteiger partial charge in [-0.15, -0.1) is 11.6 Å². The van der Waals surface area contributed by atoms with Crippen LogP contribution < -0.4 is 0 Å². The van der Waals surface area contributed by atoms with Gasteiger partial charge in [-0.2, -0.15) is 4.31 Å². The van der Waals surface area contributed by atoms with Crippen molar-refractivity contribution < 1.29 is 13.2 Å². The summed E-state index contributed by atoms with van der Waals surface area (Å²) in [6, 6.07) is -0.132. The second kappa shape index (κ2) is 5.10. The van der Waals surface area contributed by atoms with E-state index in [9.17, 15) is 8.60 Å². The summed E-state index contributed by atoms with van der Waals surface area (Å²) >= 11 is 3.01. The maximum Gasteiger partial charge on any atom is 0.235 e. The Kier molecular flexibility index (Phi) is 5.27. The van der Waals surface area contributed by atoms with Gasteiger partial charge in [0.15, 0.2) is 0 Å². The van der Waals surface area contributed by atoms with Gasteiger partial charge < -0.3 is 0 Å². The Hall–Kier alpha value is 0.290. The molecule has 0 radical (unpaired) electrons. The normalized spacial score (nSPS) is 14.2. The van der Waals surface area contributed by atoms with Gasteiger partial charge in [0.2, 0.25) is 11.3 Å². The third kappa shape index (κ3) is 3.80. The first kappa shape index (κ1) is 9.29. The molecule has 0 aliphatic rings. The van der Waals surface area contributed by atoms with Gasteiger partial charge in [-0.25, -0.2) is 8.60 Å². The number of hydrogen-bond acceptors (Lipinski definition) is 1. The van der Waals surface area contributed by atoms with Gasteiger partial charge in [-0.05, 0) is 0 Å². The fourth-order valence-electron chi connectivity index (χ4n) is 0.274. The smallest absolute Gasteiger partial charge is 0.235 e. The quantitative estimate of drug-likeness (QED) is 0.386. The average Bonchev–Trinajstić information content (AvgIpc) is 1.82. The second-order valence-electron chi connectivity index (χ2n) is 1.24. The Morgan fingerprint density at radius 1 is 1.78 bits per heavy atom. The summed E-state index contributed by atoms with van der Waals surface area (Å²) in [5.41, 5.74) is 0. The molecule has 3 nitrogen and oxygen atoms in total. The van der Waals surface area contributed by atoms with Crippen molar-refractivity contribution in [1.82, 2.24) is 4.31 Å². The molecule has 0 aromatic carbocycles. The first-order valence-corrected chi connectivity index (χ1v) is 3.80. The van der Waals surface area contributed by atoms with E-state index in [-0.39, 0.29) is 12.5 Å². The van der Waals surface area contributed by atoms with Gasteiger partial charge in [-0.3, -0.25) is 4.55 Å². The maximum atomic E-state index is 11.4. The molecule has 1 unspecified atom stereocenters. The SMILES string of the molecule is O=S(O)N(CCl)CCF. The van der Waals surface area contributed by atoms with Crippen LogP contribution in [0.1, 0.15) is 0 Å². The highest BCUT2D eigenvalue weighted by Crippen LogP contribution is 1.93. The topological polar surface area (TPSA) is 40.5 Å². The highest BCUT2D eigenvalue weighted by atomic mass is 35.5. The molecule has 0 rings (SSSR count). The van der Waals surface area contributed by atoms with Gasteiger partial charge in [0, 0.05) is 6.54 Å². The maximum absolute atomic E-state index is 11.4. The molecule has 1 atom stereocenters. The van der Waals surface area contributed by atoms with Crippen LogP contribution in [-0.2, 0) is 11.3 Å². The summed E-state index contributed by atoms with van der Waals surface area (Å²) in [6.07, 6.45) is 0. The Bertz CT molecular complexity index is 104. The van der Waals surface area contributed by atoms with Crippen LogP contribution in [0.2, 0.25) is 0 Å². The summed E-state index contributed by atoms with van der Waals surface area (Å²) in [7, 11) is 0. The molecule has 0 aliphatic carbocycles. The minimum absolute atomic E-state index is 0.105. The number of hydrogen-bond donors (Lipinski definition) is 1. The van der Waals surface area contributed by atoms with E-state index in [2.05, 4.69) is 0 Å². The van der Waals surface area contributed by atoms with Crippen LogP contribution >= 0.6 is 11.6 Å². The summed E-state index contributed by atoms with van der Waals surface area (Å²) < 4.78 is 30.7. The molecule has 0 bridgehead atoms. The third-order valence-corrected chi connectivity index (χ3v) is 1.87.